The summed E-state index contributed by atoms with van der Waals surface area (Å²) in [6.45, 7) is 2.62. The maximum atomic E-state index is 5.73. The molecule has 0 saturated carbocycles. The summed E-state index contributed by atoms with van der Waals surface area (Å²) in [6.07, 6.45) is 0. The van der Waals surface area contributed by atoms with E-state index >= 15 is 0 Å². The van der Waals surface area contributed by atoms with E-state index in [9.17, 15) is 0 Å². The van der Waals surface area contributed by atoms with Gasteiger partial charge in [-0.25, -0.2) is 9.97 Å². The van der Waals surface area contributed by atoms with E-state index in [4.69, 9.17) is 5.73 Å². The lowest BCUT2D eigenvalue weighted by Gasteiger charge is -2.18. The van der Waals surface area contributed by atoms with Crippen molar-refractivity contribution in [2.75, 3.05) is 17.7 Å². The Morgan fingerprint density at radius 2 is 1.89 bits per heavy atom. The molecule has 4 nitrogen and oxygen atoms in total. The largest absolute Gasteiger partial charge is 0.384 e. The van der Waals surface area contributed by atoms with Gasteiger partial charge in [-0.15, -0.1) is 0 Å². The van der Waals surface area contributed by atoms with Crippen LogP contribution in [0.1, 0.15) is 11.4 Å². The second-order valence-corrected chi connectivity index (χ2v) is 5.10. The minimum absolute atomic E-state index is 0.500. The second kappa shape index (κ2) is 5.35. The molecule has 0 saturated heterocycles. The van der Waals surface area contributed by atoms with Gasteiger partial charge >= 0.3 is 0 Å². The molecule has 94 valence electrons. The highest BCUT2D eigenvalue weighted by Gasteiger charge is 2.06. The number of anilines is 2. The van der Waals surface area contributed by atoms with Gasteiger partial charge in [-0.3, -0.25) is 0 Å². The quantitative estimate of drug-likeness (QED) is 0.947. The Bertz CT molecular complexity index is 519. The molecule has 0 radical (unpaired) electrons. The average molecular weight is 307 g/mol. The summed E-state index contributed by atoms with van der Waals surface area (Å²) in [6, 6.07) is 10.0. The van der Waals surface area contributed by atoms with Gasteiger partial charge in [-0.2, -0.15) is 0 Å². The van der Waals surface area contributed by atoms with Gasteiger partial charge in [-0.1, -0.05) is 28.1 Å². The van der Waals surface area contributed by atoms with E-state index in [2.05, 4.69) is 38.0 Å². The maximum absolute atomic E-state index is 5.73. The fraction of sp³-hybridized carbons (Fsp3) is 0.231. The molecule has 0 aliphatic rings. The Balaban J connectivity index is 2.16. The van der Waals surface area contributed by atoms with Crippen molar-refractivity contribution in [2.24, 2.45) is 0 Å². The van der Waals surface area contributed by atoms with E-state index in [0.717, 1.165) is 16.8 Å². The molecule has 2 aromatic rings. The van der Waals surface area contributed by atoms with Crippen molar-refractivity contribution in [3.05, 3.63) is 46.2 Å². The topological polar surface area (TPSA) is 55.0 Å². The summed E-state index contributed by atoms with van der Waals surface area (Å²) in [5.41, 5.74) is 6.94. The first-order chi connectivity index (χ1) is 8.54. The highest BCUT2D eigenvalue weighted by atomic mass is 79.9. The lowest BCUT2D eigenvalue weighted by atomic mass is 10.2. The van der Waals surface area contributed by atoms with Crippen LogP contribution in [-0.4, -0.2) is 17.0 Å². The van der Waals surface area contributed by atoms with Gasteiger partial charge in [0.1, 0.15) is 17.5 Å². The minimum atomic E-state index is 0.500. The highest BCUT2D eigenvalue weighted by Crippen LogP contribution is 2.16. The molecule has 0 bridgehead atoms. The normalized spacial score (nSPS) is 10.4. The van der Waals surface area contributed by atoms with Crippen molar-refractivity contribution in [3.63, 3.8) is 0 Å². The van der Waals surface area contributed by atoms with Crippen molar-refractivity contribution in [3.8, 4) is 0 Å². The van der Waals surface area contributed by atoms with Crippen LogP contribution in [0, 0.1) is 6.92 Å². The Kier molecular flexibility index (Phi) is 3.81. The molecule has 1 aromatic heterocycles. The number of nitrogens with two attached hydrogens (primary N) is 1. The van der Waals surface area contributed by atoms with Gasteiger partial charge in [0.25, 0.3) is 0 Å². The van der Waals surface area contributed by atoms with Crippen LogP contribution < -0.4 is 10.6 Å². The molecular formula is C13H15BrN4. The maximum Gasteiger partial charge on any atom is 0.134 e. The molecule has 18 heavy (non-hydrogen) atoms. The second-order valence-electron chi connectivity index (χ2n) is 4.18. The lowest BCUT2D eigenvalue weighted by molar-refractivity contribution is 0.881. The Hall–Kier alpha value is -1.62. The summed E-state index contributed by atoms with van der Waals surface area (Å²) in [7, 11) is 1.99. The van der Waals surface area contributed by atoms with Crippen LogP contribution in [0.5, 0.6) is 0 Å². The number of aromatic nitrogens is 2. The number of hydrogen-bond donors (Lipinski definition) is 1. The zero-order chi connectivity index (χ0) is 13.1. The number of nitrogen functional groups attached to an aromatic ring is 1. The fourth-order valence-electron chi connectivity index (χ4n) is 1.71. The standard InChI is InChI=1S/C13H15BrN4/c1-9-16-12(15)7-13(17-9)18(2)8-10-3-5-11(14)6-4-10/h3-7H,8H2,1-2H3,(H2,15,16,17). The molecule has 2 rings (SSSR count). The van der Waals surface area contributed by atoms with Crippen LogP contribution in [0.25, 0.3) is 0 Å². The first kappa shape index (κ1) is 12.8. The number of hydrogen-bond acceptors (Lipinski definition) is 4. The van der Waals surface area contributed by atoms with Crippen LogP contribution in [0.4, 0.5) is 11.6 Å². The third-order valence-electron chi connectivity index (χ3n) is 2.57. The molecule has 2 N–H and O–H groups in total. The van der Waals surface area contributed by atoms with Crippen molar-refractivity contribution in [1.82, 2.24) is 9.97 Å². The van der Waals surface area contributed by atoms with Gasteiger partial charge in [0, 0.05) is 24.1 Å². The van der Waals surface area contributed by atoms with Crippen LogP contribution in [0.3, 0.4) is 0 Å². The molecule has 0 spiro atoms. The molecule has 1 heterocycles. The number of rotatable bonds is 3. The van der Waals surface area contributed by atoms with E-state index in [1.54, 1.807) is 6.07 Å². The van der Waals surface area contributed by atoms with E-state index < -0.39 is 0 Å². The monoisotopic (exact) mass is 306 g/mol. The van der Waals surface area contributed by atoms with Crippen LogP contribution in [-0.2, 0) is 6.54 Å². The van der Waals surface area contributed by atoms with Crippen molar-refractivity contribution in [2.45, 2.75) is 13.5 Å². The third-order valence-corrected chi connectivity index (χ3v) is 3.10. The number of nitrogens with zero attached hydrogens (tertiary/aromatic N) is 3. The van der Waals surface area contributed by atoms with Crippen molar-refractivity contribution in [1.29, 1.82) is 0 Å². The van der Waals surface area contributed by atoms with Crippen LogP contribution in [0.2, 0.25) is 0 Å². The SMILES string of the molecule is Cc1nc(N)cc(N(C)Cc2ccc(Br)cc2)n1. The average Bonchev–Trinajstić information content (AvgIpc) is 2.31. The van der Waals surface area contributed by atoms with Crippen molar-refractivity contribution < 1.29 is 0 Å². The van der Waals surface area contributed by atoms with Crippen LogP contribution >= 0.6 is 15.9 Å². The van der Waals surface area contributed by atoms with Gasteiger partial charge in [0.2, 0.25) is 0 Å². The van der Waals surface area contributed by atoms with Gasteiger partial charge < -0.3 is 10.6 Å². The molecule has 5 heteroatoms. The summed E-state index contributed by atoms with van der Waals surface area (Å²) in [5, 5.41) is 0. The number of benzene rings is 1. The van der Waals surface area contributed by atoms with Crippen molar-refractivity contribution >= 4 is 27.6 Å². The summed E-state index contributed by atoms with van der Waals surface area (Å²) in [4.78, 5) is 10.5. The Labute approximate surface area is 115 Å². The summed E-state index contributed by atoms with van der Waals surface area (Å²) >= 11 is 3.42. The zero-order valence-corrected chi connectivity index (χ0v) is 12.0. The predicted octanol–water partition coefficient (Wildman–Crippen LogP) is 2.77. The lowest BCUT2D eigenvalue weighted by Crippen LogP contribution is -2.18. The first-order valence-corrected chi connectivity index (χ1v) is 6.40. The van der Waals surface area contributed by atoms with Crippen LogP contribution in [0.15, 0.2) is 34.8 Å². The molecule has 1 aromatic carbocycles. The van der Waals surface area contributed by atoms with E-state index in [0.29, 0.717) is 11.6 Å². The number of halogens is 1. The Morgan fingerprint density at radius 1 is 1.22 bits per heavy atom. The first-order valence-electron chi connectivity index (χ1n) is 5.61. The van der Waals surface area contributed by atoms with E-state index in [-0.39, 0.29) is 0 Å². The molecule has 0 atom stereocenters. The molecule has 0 unspecified atom stereocenters. The van der Waals surface area contributed by atoms with Gasteiger partial charge in [-0.05, 0) is 24.6 Å². The predicted molar refractivity (Wildman–Crippen MR) is 77.4 cm³/mol. The molecule has 0 fully saturated rings. The third kappa shape index (κ3) is 3.20. The summed E-state index contributed by atoms with van der Waals surface area (Å²) < 4.78 is 1.08. The van der Waals surface area contributed by atoms with Gasteiger partial charge in [0.15, 0.2) is 0 Å². The molecule has 0 aliphatic heterocycles. The zero-order valence-electron chi connectivity index (χ0n) is 10.4. The van der Waals surface area contributed by atoms with E-state index in [1.807, 2.05) is 31.0 Å². The summed E-state index contributed by atoms with van der Waals surface area (Å²) in [5.74, 6) is 2.02. The number of aryl methyl sites for hydroxylation is 1. The Morgan fingerprint density at radius 3 is 2.50 bits per heavy atom. The van der Waals surface area contributed by atoms with Gasteiger partial charge in [0.05, 0.1) is 0 Å². The molecular weight excluding hydrogens is 292 g/mol. The molecule has 0 amide bonds. The molecule has 0 aliphatic carbocycles. The minimum Gasteiger partial charge on any atom is -0.384 e. The fourth-order valence-corrected chi connectivity index (χ4v) is 1.98. The van der Waals surface area contributed by atoms with E-state index in [1.165, 1.54) is 5.56 Å². The highest BCUT2D eigenvalue weighted by molar-refractivity contribution is 9.10. The smallest absolute Gasteiger partial charge is 0.134 e.